The fraction of sp³-hybridized carbons (Fsp3) is 1.00. The molecule has 0 amide bonds. The Labute approximate surface area is 180 Å². The third-order valence-electron chi connectivity index (χ3n) is 5.42. The summed E-state index contributed by atoms with van der Waals surface area (Å²) in [5, 5.41) is 112. The maximum atomic E-state index is 9.93. The minimum absolute atomic E-state index is 0.0641. The third-order valence-corrected chi connectivity index (χ3v) is 5.42. The highest BCUT2D eigenvalue weighted by Gasteiger charge is 2.78. The van der Waals surface area contributed by atoms with Gasteiger partial charge in [-0.25, -0.2) is 0 Å². The molecule has 0 heterocycles. The van der Waals surface area contributed by atoms with Crippen LogP contribution < -0.4 is 0 Å². The first kappa shape index (κ1) is 30.5. The van der Waals surface area contributed by atoms with Gasteiger partial charge >= 0.3 is 11.7 Å². The molecule has 0 radical (unpaired) electrons. The maximum Gasteiger partial charge on any atom is 0.331 e. The molecule has 1 atom stereocenters. The summed E-state index contributed by atoms with van der Waals surface area (Å²) in [6.45, 7) is 2.14. The summed E-state index contributed by atoms with van der Waals surface area (Å²) in [6.07, 6.45) is 8.85. The van der Waals surface area contributed by atoms with Crippen molar-refractivity contribution in [1.29, 1.82) is 0 Å². The third kappa shape index (κ3) is 7.23. The average molecular weight is 462 g/mol. The molecule has 0 saturated heterocycles. The Hall–Kier alpha value is -0.520. The zero-order valence-electron chi connectivity index (χ0n) is 17.8. The van der Waals surface area contributed by atoms with Crippen LogP contribution in [0.2, 0.25) is 0 Å². The number of nitrogens with zero attached hydrogens (tertiary/aromatic N) is 1. The Morgan fingerprint density at radius 2 is 0.871 bits per heavy atom. The van der Waals surface area contributed by atoms with Gasteiger partial charge in [-0.2, -0.15) is 0 Å². The summed E-state index contributed by atoms with van der Waals surface area (Å²) < 4.78 is 0. The van der Waals surface area contributed by atoms with E-state index in [0.717, 1.165) is 25.7 Å². The van der Waals surface area contributed by atoms with Gasteiger partial charge in [0, 0.05) is 6.42 Å². The molecule has 0 fully saturated rings. The van der Waals surface area contributed by atoms with E-state index in [4.69, 9.17) is 25.7 Å². The van der Waals surface area contributed by atoms with Gasteiger partial charge in [0.1, 0.15) is 0 Å². The van der Waals surface area contributed by atoms with Crippen LogP contribution in [0, 0.1) is 0 Å². The van der Waals surface area contributed by atoms with E-state index in [1.165, 1.54) is 25.7 Å². The molecule has 0 aromatic rings. The van der Waals surface area contributed by atoms with Gasteiger partial charge in [-0.1, -0.05) is 71.1 Å². The Balaban J connectivity index is 4.78. The highest BCUT2D eigenvalue weighted by Crippen LogP contribution is 2.42. The van der Waals surface area contributed by atoms with E-state index in [0.29, 0.717) is 12.8 Å². The SMILES string of the molecule is CCCCCCCCCCCCCC(O)(O)C(O)(O)C(O)(O)[C@@](O)(N(O)O)C(O)(O)O. The molecule has 0 aromatic carbocycles. The molecule has 13 nitrogen and oxygen atoms in total. The molecule has 0 saturated carbocycles. The molecule has 0 aliphatic heterocycles. The van der Waals surface area contributed by atoms with Crippen molar-refractivity contribution in [3.8, 4) is 0 Å². The predicted octanol–water partition coefficient (Wildman–Crippen LogP) is -1.87. The average Bonchev–Trinajstić information content (AvgIpc) is 2.63. The molecule has 0 bridgehead atoms. The molecule has 13 heteroatoms. The summed E-state index contributed by atoms with van der Waals surface area (Å²) in [4.78, 5) is 0. The zero-order chi connectivity index (χ0) is 24.6. The van der Waals surface area contributed by atoms with Crippen molar-refractivity contribution < 1.29 is 61.5 Å². The van der Waals surface area contributed by atoms with E-state index in [1.54, 1.807) is 0 Å². The van der Waals surface area contributed by atoms with Crippen molar-refractivity contribution in [3.05, 3.63) is 0 Å². The zero-order valence-corrected chi connectivity index (χ0v) is 17.8. The van der Waals surface area contributed by atoms with Gasteiger partial charge in [-0.05, 0) is 11.6 Å². The first-order chi connectivity index (χ1) is 14.0. The molecule has 0 spiro atoms. The molecule has 0 rings (SSSR count). The van der Waals surface area contributed by atoms with Crippen LogP contribution in [0.5, 0.6) is 0 Å². The maximum absolute atomic E-state index is 9.93. The van der Waals surface area contributed by atoms with Gasteiger partial charge in [-0.3, -0.25) is 10.4 Å². The van der Waals surface area contributed by atoms with Crippen LogP contribution in [-0.2, 0) is 0 Å². The van der Waals surface area contributed by atoms with E-state index in [9.17, 15) is 35.7 Å². The van der Waals surface area contributed by atoms with Crippen molar-refractivity contribution in [2.45, 2.75) is 113 Å². The summed E-state index contributed by atoms with van der Waals surface area (Å²) in [5.74, 6) is -18.1. The topological polar surface area (TPSA) is 246 Å². The fourth-order valence-electron chi connectivity index (χ4n) is 3.24. The van der Waals surface area contributed by atoms with Crippen LogP contribution in [0.25, 0.3) is 0 Å². The van der Waals surface area contributed by atoms with Crippen molar-refractivity contribution in [3.63, 3.8) is 0 Å². The molecule has 31 heavy (non-hydrogen) atoms. The monoisotopic (exact) mass is 461 g/mol. The quantitative estimate of drug-likeness (QED) is 0.0645. The van der Waals surface area contributed by atoms with Crippen molar-refractivity contribution in [1.82, 2.24) is 5.23 Å². The molecule has 0 aliphatic carbocycles. The number of aliphatic hydroxyl groups is 10. The summed E-state index contributed by atoms with van der Waals surface area (Å²) in [7, 11) is 0. The predicted molar refractivity (Wildman–Crippen MR) is 102 cm³/mol. The number of hydrogen-bond donors (Lipinski definition) is 12. The number of hydrogen-bond acceptors (Lipinski definition) is 13. The number of unbranched alkanes of at least 4 members (excludes halogenated alkanes) is 10. The summed E-state index contributed by atoms with van der Waals surface area (Å²) >= 11 is 0. The van der Waals surface area contributed by atoms with Gasteiger partial charge in [0.2, 0.25) is 5.79 Å². The van der Waals surface area contributed by atoms with Gasteiger partial charge in [-0.15, -0.1) is 0 Å². The largest absolute Gasteiger partial charge is 0.361 e. The minimum Gasteiger partial charge on any atom is -0.361 e. The Bertz CT molecular complexity index is 506. The van der Waals surface area contributed by atoms with Gasteiger partial charge in [0.25, 0.3) is 11.6 Å². The molecule has 0 aromatic heterocycles. The standard InChI is InChI=1S/C18H39NO12/c1-2-3-4-5-6-7-8-9-10-11-12-13-14(20,21)16(23,24)17(25,26)15(22,19(30)31)18(27,28)29/h20-31H,2-13H2,1H3/t15-/m0/s1. The van der Waals surface area contributed by atoms with Crippen LogP contribution in [0.1, 0.15) is 84.0 Å². The van der Waals surface area contributed by atoms with E-state index in [-0.39, 0.29) is 6.42 Å². The Kier molecular flexibility index (Phi) is 11.9. The van der Waals surface area contributed by atoms with E-state index in [1.807, 2.05) is 0 Å². The first-order valence-corrected chi connectivity index (χ1v) is 10.4. The van der Waals surface area contributed by atoms with Crippen molar-refractivity contribution in [2.75, 3.05) is 0 Å². The Morgan fingerprint density at radius 1 is 0.516 bits per heavy atom. The lowest BCUT2D eigenvalue weighted by molar-refractivity contribution is -0.602. The van der Waals surface area contributed by atoms with E-state index in [2.05, 4.69) is 6.92 Å². The second kappa shape index (κ2) is 12.1. The highest BCUT2D eigenvalue weighted by atomic mass is 16.8. The van der Waals surface area contributed by atoms with Crippen LogP contribution >= 0.6 is 0 Å². The number of hydroxylamine groups is 2. The fourth-order valence-corrected chi connectivity index (χ4v) is 3.24. The second-order valence-corrected chi connectivity index (χ2v) is 8.04. The minimum atomic E-state index is -4.93. The van der Waals surface area contributed by atoms with Crippen LogP contribution in [0.4, 0.5) is 0 Å². The second-order valence-electron chi connectivity index (χ2n) is 8.04. The molecule has 0 aliphatic rings. The van der Waals surface area contributed by atoms with Gasteiger partial charge < -0.3 is 51.1 Å². The summed E-state index contributed by atoms with van der Waals surface area (Å²) in [6, 6.07) is 0. The van der Waals surface area contributed by atoms with Gasteiger partial charge in [0.05, 0.1) is 0 Å². The molecule has 12 N–H and O–H groups in total. The Morgan fingerprint density at radius 3 is 1.19 bits per heavy atom. The lowest BCUT2D eigenvalue weighted by Gasteiger charge is -2.51. The van der Waals surface area contributed by atoms with Crippen molar-refractivity contribution in [2.24, 2.45) is 0 Å². The highest BCUT2D eigenvalue weighted by molar-refractivity contribution is 5.05. The van der Waals surface area contributed by atoms with Crippen LogP contribution in [-0.4, -0.2) is 95.8 Å². The van der Waals surface area contributed by atoms with E-state index >= 15 is 0 Å². The summed E-state index contributed by atoms with van der Waals surface area (Å²) in [5.41, 5.74) is -4.84. The molecular formula is C18H39NO12. The first-order valence-electron chi connectivity index (χ1n) is 10.4. The molecule has 0 unspecified atom stereocenters. The normalized spacial score (nSPS) is 16.1. The lowest BCUT2D eigenvalue weighted by Crippen LogP contribution is -2.84. The van der Waals surface area contributed by atoms with Gasteiger partial charge in [0.15, 0.2) is 0 Å². The van der Waals surface area contributed by atoms with E-state index < -0.39 is 40.7 Å². The smallest absolute Gasteiger partial charge is 0.331 e. The van der Waals surface area contributed by atoms with Crippen molar-refractivity contribution >= 4 is 0 Å². The number of rotatable bonds is 17. The lowest BCUT2D eigenvalue weighted by atomic mass is 9.84. The molecular weight excluding hydrogens is 422 g/mol. The van der Waals surface area contributed by atoms with Crippen LogP contribution in [0.15, 0.2) is 0 Å². The molecule has 188 valence electrons. The van der Waals surface area contributed by atoms with Crippen LogP contribution in [0.3, 0.4) is 0 Å².